The molecular formula is C27H34N6O3S. The molecule has 5 N–H and O–H groups in total. The van der Waals surface area contributed by atoms with E-state index in [-0.39, 0.29) is 12.1 Å². The van der Waals surface area contributed by atoms with Gasteiger partial charge in [-0.25, -0.2) is 10.3 Å². The maximum atomic E-state index is 13.5. The molecule has 2 saturated carbocycles. The number of hydrogen-bond acceptors (Lipinski definition) is 5. The average Bonchev–Trinajstić information content (AvgIpc) is 2.93. The van der Waals surface area contributed by atoms with Gasteiger partial charge in [-0.2, -0.15) is 4.99 Å². The van der Waals surface area contributed by atoms with E-state index in [1.54, 1.807) is 30.3 Å². The topological polar surface area (TPSA) is 144 Å². The van der Waals surface area contributed by atoms with Crippen molar-refractivity contribution in [3.8, 4) is 0 Å². The van der Waals surface area contributed by atoms with Crippen LogP contribution in [0.3, 0.4) is 0 Å². The van der Waals surface area contributed by atoms with Gasteiger partial charge in [-0.3, -0.25) is 4.79 Å². The molecule has 2 aliphatic carbocycles. The second-order valence-electron chi connectivity index (χ2n) is 10.1. The Bertz CT molecular complexity index is 1140. The molecule has 4 rings (SSSR count). The van der Waals surface area contributed by atoms with E-state index < -0.39 is 11.9 Å². The van der Waals surface area contributed by atoms with Crippen LogP contribution in [0.5, 0.6) is 0 Å². The first-order valence-electron chi connectivity index (χ1n) is 12.8. The van der Waals surface area contributed by atoms with Gasteiger partial charge in [-0.1, -0.05) is 37.5 Å². The average molecular weight is 523 g/mol. The first kappa shape index (κ1) is 26.8. The van der Waals surface area contributed by atoms with Gasteiger partial charge in [-0.05, 0) is 79.8 Å². The number of nitrogens with zero attached hydrogens (tertiary/aromatic N) is 3. The molecule has 2 aromatic rings. The third-order valence-electron chi connectivity index (χ3n) is 7.71. The smallest absolute Gasteiger partial charge is 0.322 e. The summed E-state index contributed by atoms with van der Waals surface area (Å²) in [5, 5.41) is 5.96. The molecule has 9 nitrogen and oxygen atoms in total. The second kappa shape index (κ2) is 12.3. The van der Waals surface area contributed by atoms with E-state index >= 15 is 0 Å². The molecule has 1 spiro atoms. The van der Waals surface area contributed by atoms with Crippen molar-refractivity contribution >= 4 is 35.6 Å². The zero-order chi connectivity index (χ0) is 26.3. The number of rotatable bonds is 6. The first-order valence-corrected chi connectivity index (χ1v) is 13.5. The Balaban J connectivity index is 1.50. The van der Waals surface area contributed by atoms with Crippen LogP contribution in [0.4, 0.5) is 10.5 Å². The number of anilines is 1. The van der Waals surface area contributed by atoms with Crippen molar-refractivity contribution in [3.05, 3.63) is 59.7 Å². The Hall–Kier alpha value is -3.24. The van der Waals surface area contributed by atoms with E-state index in [9.17, 15) is 14.1 Å². The fourth-order valence-electron chi connectivity index (χ4n) is 5.66. The van der Waals surface area contributed by atoms with Crippen molar-refractivity contribution in [2.45, 2.75) is 75.3 Å². The number of benzene rings is 2. The highest BCUT2D eigenvalue weighted by molar-refractivity contribution is 7.93. The molecule has 37 heavy (non-hydrogen) atoms. The summed E-state index contributed by atoms with van der Waals surface area (Å²) in [5.41, 5.74) is 14.5. The number of urea groups is 1. The summed E-state index contributed by atoms with van der Waals surface area (Å²) < 4.78 is 9.39. The lowest BCUT2D eigenvalue weighted by atomic mass is 9.64. The lowest BCUT2D eigenvalue weighted by molar-refractivity contribution is 0.0726. The van der Waals surface area contributed by atoms with Crippen LogP contribution in [0.2, 0.25) is 0 Å². The lowest BCUT2D eigenvalue weighted by Crippen LogP contribution is -2.46. The van der Waals surface area contributed by atoms with Crippen LogP contribution in [0, 0.1) is 10.9 Å². The van der Waals surface area contributed by atoms with E-state index in [4.69, 9.17) is 11.3 Å². The van der Waals surface area contributed by atoms with Crippen molar-refractivity contribution in [2.75, 3.05) is 5.32 Å². The van der Waals surface area contributed by atoms with Gasteiger partial charge in [0.1, 0.15) is 0 Å². The van der Waals surface area contributed by atoms with Crippen molar-refractivity contribution in [3.63, 3.8) is 0 Å². The zero-order valence-corrected chi connectivity index (χ0v) is 21.7. The van der Waals surface area contributed by atoms with E-state index in [2.05, 4.69) is 15.4 Å². The molecule has 0 atom stereocenters. The van der Waals surface area contributed by atoms with Gasteiger partial charge < -0.3 is 20.5 Å². The molecular weight excluding hydrogens is 488 g/mol. The maximum Gasteiger partial charge on any atom is 0.322 e. The molecule has 0 heterocycles. The second-order valence-corrected chi connectivity index (χ2v) is 10.7. The molecule has 0 bridgehead atoms. The van der Waals surface area contributed by atoms with Crippen LogP contribution in [-0.4, -0.2) is 33.4 Å². The number of carbonyl (C=O) groups excluding carboxylic acids is 2. The van der Waals surface area contributed by atoms with Gasteiger partial charge in [0, 0.05) is 40.8 Å². The number of carbonyl (C=O) groups is 2. The molecule has 3 amide bonds. The molecule has 196 valence electrons. The molecule has 2 fully saturated rings. The van der Waals surface area contributed by atoms with Crippen molar-refractivity contribution in [1.82, 2.24) is 4.90 Å². The minimum Gasteiger partial charge on any atom is -0.366 e. The maximum absolute atomic E-state index is 13.5. The zero-order valence-electron chi connectivity index (χ0n) is 20.9. The van der Waals surface area contributed by atoms with E-state index in [1.807, 2.05) is 23.1 Å². The number of amides is 3. The third kappa shape index (κ3) is 6.95. The molecule has 0 unspecified atom stereocenters. The SMILES string of the molecule is N=NC(N)=NC(=O)c1ccc(CN(C(=O)Nc2cccc(SO)c2)C2CCC3(CCCCC3)CC2)cc1. The number of aliphatic imine (C=N–C) groups is 1. The Morgan fingerprint density at radius 2 is 1.78 bits per heavy atom. The summed E-state index contributed by atoms with van der Waals surface area (Å²) in [5.74, 6) is -0.963. The van der Waals surface area contributed by atoms with Crippen LogP contribution in [0.15, 0.2) is 63.5 Å². The highest BCUT2D eigenvalue weighted by Crippen LogP contribution is 2.48. The molecule has 2 aliphatic rings. The van der Waals surface area contributed by atoms with E-state index in [0.717, 1.165) is 31.2 Å². The minimum absolute atomic E-state index is 0.118. The van der Waals surface area contributed by atoms with Crippen molar-refractivity contribution < 1.29 is 14.1 Å². The lowest BCUT2D eigenvalue weighted by Gasteiger charge is -2.45. The van der Waals surface area contributed by atoms with Crippen LogP contribution in [0.25, 0.3) is 0 Å². The molecule has 0 aliphatic heterocycles. The summed E-state index contributed by atoms with van der Waals surface area (Å²) in [6.45, 7) is 0.403. The van der Waals surface area contributed by atoms with Crippen molar-refractivity contribution in [1.29, 1.82) is 5.53 Å². The van der Waals surface area contributed by atoms with Gasteiger partial charge >= 0.3 is 6.03 Å². The number of nitrogens with one attached hydrogen (secondary N) is 2. The standard InChI is InChI=1S/C27H34N6O3S/c28-25(32-29)31-24(34)20-9-7-19(8-10-20)18-33(26(35)30-21-5-4-6-23(17-21)37-36)22-11-15-27(16-12-22)13-2-1-3-14-27/h4-10,17,22,29,36H,1-3,11-16,18H2,(H,30,35)(H2,28,31,34). The van der Waals surface area contributed by atoms with Gasteiger partial charge in [0.25, 0.3) is 5.91 Å². The Morgan fingerprint density at radius 1 is 1.08 bits per heavy atom. The fourth-order valence-corrected chi connectivity index (χ4v) is 5.98. The third-order valence-corrected chi connectivity index (χ3v) is 8.17. The molecule has 2 aromatic carbocycles. The summed E-state index contributed by atoms with van der Waals surface area (Å²) in [4.78, 5) is 31.9. The van der Waals surface area contributed by atoms with Crippen molar-refractivity contribution in [2.24, 2.45) is 21.3 Å². The highest BCUT2D eigenvalue weighted by Gasteiger charge is 2.38. The number of nitrogens with two attached hydrogens (primary N) is 1. The summed E-state index contributed by atoms with van der Waals surface area (Å²) in [6, 6.07) is 14.0. The van der Waals surface area contributed by atoms with Crippen LogP contribution >= 0.6 is 12.0 Å². The Morgan fingerprint density at radius 3 is 2.43 bits per heavy atom. The van der Waals surface area contributed by atoms with Gasteiger partial charge in [-0.15, -0.1) is 5.11 Å². The molecule has 10 heteroatoms. The molecule has 0 saturated heterocycles. The molecule has 0 radical (unpaired) electrons. The van der Waals surface area contributed by atoms with E-state index in [1.165, 1.54) is 32.1 Å². The predicted molar refractivity (Wildman–Crippen MR) is 145 cm³/mol. The summed E-state index contributed by atoms with van der Waals surface area (Å²) in [7, 11) is 0. The largest absolute Gasteiger partial charge is 0.366 e. The van der Waals surface area contributed by atoms with Gasteiger partial charge in [0.15, 0.2) is 0 Å². The Kier molecular flexibility index (Phi) is 8.94. The fraction of sp³-hybridized carbons (Fsp3) is 0.444. The number of hydrogen-bond donors (Lipinski definition) is 4. The van der Waals surface area contributed by atoms with Gasteiger partial charge in [0.05, 0.1) is 0 Å². The monoisotopic (exact) mass is 522 g/mol. The normalized spacial score (nSPS) is 17.8. The summed E-state index contributed by atoms with van der Waals surface area (Å²) >= 11 is 0.644. The van der Waals surface area contributed by atoms with Crippen LogP contribution < -0.4 is 11.1 Å². The Labute approximate surface area is 221 Å². The first-order chi connectivity index (χ1) is 17.9. The predicted octanol–water partition coefficient (Wildman–Crippen LogP) is 6.66. The van der Waals surface area contributed by atoms with Crippen LogP contribution in [-0.2, 0) is 6.54 Å². The minimum atomic E-state index is -0.568. The summed E-state index contributed by atoms with van der Waals surface area (Å²) in [6.07, 6.45) is 10.8. The van der Waals surface area contributed by atoms with E-state index in [0.29, 0.717) is 40.1 Å². The highest BCUT2D eigenvalue weighted by atomic mass is 32.2. The quantitative estimate of drug-likeness (QED) is 0.145. The molecule has 0 aromatic heterocycles. The van der Waals surface area contributed by atoms with Gasteiger partial charge in [0.2, 0.25) is 5.96 Å². The number of guanidine groups is 1. The van der Waals surface area contributed by atoms with Crippen LogP contribution in [0.1, 0.15) is 73.7 Å².